The van der Waals surface area contributed by atoms with E-state index in [4.69, 9.17) is 0 Å². The number of sulfone groups is 1. The summed E-state index contributed by atoms with van der Waals surface area (Å²) < 4.78 is 25.4. The molecule has 94 valence electrons. The fraction of sp³-hybridized carbons (Fsp3) is 0.500. The van der Waals surface area contributed by atoms with Gasteiger partial charge in [0.2, 0.25) is 0 Å². The summed E-state index contributed by atoms with van der Waals surface area (Å²) in [7, 11) is -3.33. The lowest BCUT2D eigenvalue weighted by Gasteiger charge is -2.26. The molecule has 0 aliphatic heterocycles. The average molecular weight is 319 g/mol. The summed E-state index contributed by atoms with van der Waals surface area (Å²) in [6.07, 6.45) is 1.99. The van der Waals surface area contributed by atoms with Gasteiger partial charge in [0.05, 0.1) is 16.2 Å². The molecule has 0 bridgehead atoms. The molecule has 3 nitrogen and oxygen atoms in total. The maximum Gasteiger partial charge on any atom is 0.182 e. The van der Waals surface area contributed by atoms with Crippen LogP contribution < -0.4 is 0 Å². The first-order valence-corrected chi connectivity index (χ1v) is 8.02. The number of benzene rings is 1. The first-order valence-electron chi connectivity index (χ1n) is 5.68. The Kier molecular flexibility index (Phi) is 3.90. The SMILES string of the molecule is O=S(=O)(c1ccccc1Br)C1CCCC(O)C1. The molecule has 0 radical (unpaired) electrons. The van der Waals surface area contributed by atoms with Crippen molar-refractivity contribution >= 4 is 25.8 Å². The van der Waals surface area contributed by atoms with E-state index in [1.165, 1.54) is 0 Å². The quantitative estimate of drug-likeness (QED) is 0.911. The largest absolute Gasteiger partial charge is 0.393 e. The number of aliphatic hydroxyl groups excluding tert-OH is 1. The first kappa shape index (κ1) is 13.1. The van der Waals surface area contributed by atoms with Crippen molar-refractivity contribution < 1.29 is 13.5 Å². The van der Waals surface area contributed by atoms with Gasteiger partial charge in [0.25, 0.3) is 0 Å². The molecule has 2 unspecified atom stereocenters. The van der Waals surface area contributed by atoms with Gasteiger partial charge < -0.3 is 5.11 Å². The maximum absolute atomic E-state index is 12.4. The molecular weight excluding hydrogens is 304 g/mol. The predicted molar refractivity (Wildman–Crippen MR) is 69.6 cm³/mol. The summed E-state index contributed by atoms with van der Waals surface area (Å²) >= 11 is 3.27. The molecule has 1 N–H and O–H groups in total. The molecular formula is C12H15BrO3S. The van der Waals surface area contributed by atoms with E-state index in [0.717, 1.165) is 6.42 Å². The Morgan fingerprint density at radius 2 is 1.94 bits per heavy atom. The molecule has 1 saturated carbocycles. The van der Waals surface area contributed by atoms with Crippen molar-refractivity contribution in [2.45, 2.75) is 41.9 Å². The van der Waals surface area contributed by atoms with E-state index in [9.17, 15) is 13.5 Å². The highest BCUT2D eigenvalue weighted by Crippen LogP contribution is 2.32. The third kappa shape index (κ3) is 2.72. The van der Waals surface area contributed by atoms with Crippen molar-refractivity contribution in [2.75, 3.05) is 0 Å². The number of aliphatic hydroxyl groups is 1. The lowest BCUT2D eigenvalue weighted by molar-refractivity contribution is 0.131. The van der Waals surface area contributed by atoms with E-state index >= 15 is 0 Å². The third-order valence-corrected chi connectivity index (χ3v) is 6.41. The zero-order valence-electron chi connectivity index (χ0n) is 9.34. The van der Waals surface area contributed by atoms with Crippen molar-refractivity contribution in [3.05, 3.63) is 28.7 Å². The van der Waals surface area contributed by atoms with Crippen LogP contribution in [0.25, 0.3) is 0 Å². The molecule has 0 amide bonds. The smallest absolute Gasteiger partial charge is 0.182 e. The van der Waals surface area contributed by atoms with Gasteiger partial charge in [-0.05, 0) is 53.7 Å². The van der Waals surface area contributed by atoms with Crippen molar-refractivity contribution in [3.8, 4) is 0 Å². The maximum atomic E-state index is 12.4. The second kappa shape index (κ2) is 5.08. The summed E-state index contributed by atoms with van der Waals surface area (Å²) in [6.45, 7) is 0. The van der Waals surface area contributed by atoms with Crippen LogP contribution in [0.15, 0.2) is 33.6 Å². The molecule has 5 heteroatoms. The van der Waals surface area contributed by atoms with Crippen molar-refractivity contribution in [2.24, 2.45) is 0 Å². The summed E-state index contributed by atoms with van der Waals surface area (Å²) in [6, 6.07) is 6.85. The molecule has 2 atom stereocenters. The topological polar surface area (TPSA) is 54.4 Å². The predicted octanol–water partition coefficient (Wildman–Crippen LogP) is 2.53. The molecule has 1 aliphatic carbocycles. The fourth-order valence-electron chi connectivity index (χ4n) is 2.26. The summed E-state index contributed by atoms with van der Waals surface area (Å²) in [4.78, 5) is 0.333. The highest BCUT2D eigenvalue weighted by molar-refractivity contribution is 9.10. The van der Waals surface area contributed by atoms with E-state index in [0.29, 0.717) is 28.6 Å². The van der Waals surface area contributed by atoms with Gasteiger partial charge in [0.15, 0.2) is 9.84 Å². The molecule has 0 aromatic heterocycles. The van der Waals surface area contributed by atoms with E-state index in [1.807, 2.05) is 0 Å². The van der Waals surface area contributed by atoms with Crippen LogP contribution in [0.2, 0.25) is 0 Å². The molecule has 0 saturated heterocycles. The van der Waals surface area contributed by atoms with Crippen molar-refractivity contribution in [1.82, 2.24) is 0 Å². The second-order valence-electron chi connectivity index (χ2n) is 4.42. The fourth-order valence-corrected chi connectivity index (χ4v) is 5.14. The van der Waals surface area contributed by atoms with E-state index in [2.05, 4.69) is 15.9 Å². The molecule has 1 aromatic rings. The van der Waals surface area contributed by atoms with Crippen LogP contribution in [0.3, 0.4) is 0 Å². The Labute approximate surface area is 110 Å². The molecule has 0 spiro atoms. The minimum atomic E-state index is -3.33. The molecule has 17 heavy (non-hydrogen) atoms. The van der Waals surface area contributed by atoms with E-state index < -0.39 is 21.2 Å². The lowest BCUT2D eigenvalue weighted by Crippen LogP contribution is -2.30. The van der Waals surface area contributed by atoms with Gasteiger partial charge in [-0.3, -0.25) is 0 Å². The standard InChI is InChI=1S/C12H15BrO3S/c13-11-6-1-2-7-12(11)17(15,16)10-5-3-4-9(14)8-10/h1-2,6-7,9-10,14H,3-5,8H2. The Morgan fingerprint density at radius 1 is 1.24 bits per heavy atom. The molecule has 1 aromatic carbocycles. The highest BCUT2D eigenvalue weighted by atomic mass is 79.9. The zero-order valence-corrected chi connectivity index (χ0v) is 11.7. The Balaban J connectivity index is 2.33. The minimum Gasteiger partial charge on any atom is -0.393 e. The molecule has 1 aliphatic rings. The zero-order chi connectivity index (χ0) is 12.5. The monoisotopic (exact) mass is 318 g/mol. The minimum absolute atomic E-state index is 0.333. The van der Waals surface area contributed by atoms with Gasteiger partial charge in [-0.15, -0.1) is 0 Å². The van der Waals surface area contributed by atoms with Crippen molar-refractivity contribution in [1.29, 1.82) is 0 Å². The van der Waals surface area contributed by atoms with Crippen LogP contribution in [0, 0.1) is 0 Å². The number of hydrogen-bond donors (Lipinski definition) is 1. The van der Waals surface area contributed by atoms with Crippen LogP contribution in [0.4, 0.5) is 0 Å². The van der Waals surface area contributed by atoms with Gasteiger partial charge in [-0.1, -0.05) is 12.1 Å². The van der Waals surface area contributed by atoms with Gasteiger partial charge in [-0.2, -0.15) is 0 Å². The first-order chi connectivity index (χ1) is 8.01. The highest BCUT2D eigenvalue weighted by Gasteiger charge is 2.33. The Hall–Kier alpha value is -0.390. The lowest BCUT2D eigenvalue weighted by atomic mass is 9.97. The van der Waals surface area contributed by atoms with Crippen LogP contribution in [0.5, 0.6) is 0 Å². The van der Waals surface area contributed by atoms with E-state index in [-0.39, 0.29) is 0 Å². The van der Waals surface area contributed by atoms with Crippen LogP contribution in [-0.4, -0.2) is 24.9 Å². The Morgan fingerprint density at radius 3 is 2.59 bits per heavy atom. The number of rotatable bonds is 2. The number of hydrogen-bond acceptors (Lipinski definition) is 3. The second-order valence-corrected chi connectivity index (χ2v) is 7.47. The third-order valence-electron chi connectivity index (χ3n) is 3.18. The number of halogens is 1. The summed E-state index contributed by atoms with van der Waals surface area (Å²) in [5.74, 6) is 0. The molecule has 1 fully saturated rings. The molecule has 0 heterocycles. The van der Waals surface area contributed by atoms with Gasteiger partial charge in [0, 0.05) is 4.47 Å². The van der Waals surface area contributed by atoms with Crippen LogP contribution in [-0.2, 0) is 9.84 Å². The van der Waals surface area contributed by atoms with Gasteiger partial charge in [-0.25, -0.2) is 8.42 Å². The summed E-state index contributed by atoms with van der Waals surface area (Å²) in [5, 5.41) is 9.13. The Bertz CT molecular complexity index is 498. The summed E-state index contributed by atoms with van der Waals surface area (Å²) in [5.41, 5.74) is 0. The van der Waals surface area contributed by atoms with E-state index in [1.54, 1.807) is 24.3 Å². The van der Waals surface area contributed by atoms with Gasteiger partial charge >= 0.3 is 0 Å². The molecule has 2 rings (SSSR count). The normalized spacial score (nSPS) is 25.8. The van der Waals surface area contributed by atoms with Crippen LogP contribution >= 0.6 is 15.9 Å². The van der Waals surface area contributed by atoms with Crippen LogP contribution in [0.1, 0.15) is 25.7 Å². The van der Waals surface area contributed by atoms with Crippen molar-refractivity contribution in [3.63, 3.8) is 0 Å². The average Bonchev–Trinajstić information content (AvgIpc) is 2.29. The van der Waals surface area contributed by atoms with Gasteiger partial charge in [0.1, 0.15) is 0 Å².